The van der Waals surface area contributed by atoms with Crippen molar-refractivity contribution in [3.8, 4) is 34.5 Å². The maximum absolute atomic E-state index is 15.2. The fourth-order valence-electron chi connectivity index (χ4n) is 17.7. The highest BCUT2D eigenvalue weighted by molar-refractivity contribution is 5.95. The van der Waals surface area contributed by atoms with E-state index in [-0.39, 0.29) is 49.1 Å². The van der Waals surface area contributed by atoms with Crippen LogP contribution in [0.4, 0.5) is 5.69 Å². The lowest BCUT2D eigenvalue weighted by atomic mass is 9.47. The van der Waals surface area contributed by atoms with E-state index in [0.717, 1.165) is 64.0 Å². The number of cyclic esters (lactones) is 1. The van der Waals surface area contributed by atoms with Crippen LogP contribution in [0.15, 0.2) is 84.5 Å². The third kappa shape index (κ3) is 8.21. The Balaban J connectivity index is 0.000000195. The first-order chi connectivity index (χ1) is 42.0. The van der Waals surface area contributed by atoms with Gasteiger partial charge in [0.25, 0.3) is 0 Å². The lowest BCUT2D eigenvalue weighted by Crippen LogP contribution is -2.81. The number of rotatable bonds is 11. The van der Waals surface area contributed by atoms with Crippen molar-refractivity contribution in [2.45, 2.75) is 99.6 Å². The van der Waals surface area contributed by atoms with E-state index in [4.69, 9.17) is 47.4 Å². The summed E-state index contributed by atoms with van der Waals surface area (Å²) in [5.41, 5.74) is 3.34. The molecular weight excluding hydrogens is 1120 g/mol. The minimum atomic E-state index is -2.27. The molecular formula is C67H76N4O16. The number of anilines is 1. The number of para-hydroxylation sites is 1. The van der Waals surface area contributed by atoms with Gasteiger partial charge in [0, 0.05) is 103 Å². The summed E-state index contributed by atoms with van der Waals surface area (Å²) in [6.45, 7) is 9.48. The molecule has 20 heteroatoms. The van der Waals surface area contributed by atoms with Gasteiger partial charge < -0.3 is 67.5 Å². The van der Waals surface area contributed by atoms with E-state index in [1.54, 1.807) is 27.4 Å². The number of likely N-dealkylation sites (N-methyl/N-ethyl adjacent to an activating group) is 1. The summed E-state index contributed by atoms with van der Waals surface area (Å²) in [7, 11) is 10.9. The molecule has 4 aromatic carbocycles. The standard InChI is InChI=1S/C45H54N4O8.C22H22O8/c1-8-27-19-28-22-44(40(51)55-6,36-30(25-48(23-27)24-28)29-13-10-11-14-33(29)46-36)32-20-31-34(21-35(32)54-5)47(4)38-43(31)16-18-49-17-12-15-42(9-2,37(43)49)39(57-26(3)50)45(38,53)41(52)56-7;1-25-16-4-10(5-17(26-2)21(16)27-3)18-11-6-14-15(30-9-29-14)7-12(11)20(23)13-8-28-22(24)19(13)18/h10-15,19-21,28,37-39,46,53H,8-9,16-18,22-25H2,1-7H3;4-7,13,18-20,23H,8-9H2,1-3H3/t28?,37-,38+,39+,42+,43+,44-,45-;13-,18+,19-,20-/m00/s1. The Bertz CT molecular complexity index is 3680. The van der Waals surface area contributed by atoms with Crippen LogP contribution in [0.2, 0.25) is 0 Å². The number of carbonyl (C=O) groups is 4. The number of benzene rings is 4. The molecule has 2 bridgehead atoms. The molecule has 2 aliphatic carbocycles. The molecule has 14 rings (SSSR count). The highest BCUT2D eigenvalue weighted by Crippen LogP contribution is 2.68. The number of ether oxygens (including phenoxy) is 10. The van der Waals surface area contributed by atoms with Crippen LogP contribution in [0.25, 0.3) is 10.9 Å². The number of hydrogen-bond acceptors (Lipinski definition) is 19. The monoisotopic (exact) mass is 1190 g/mol. The van der Waals surface area contributed by atoms with Crippen LogP contribution in [0.1, 0.15) is 97.6 Å². The van der Waals surface area contributed by atoms with Crippen LogP contribution in [0, 0.1) is 23.2 Å². The second kappa shape index (κ2) is 21.5. The van der Waals surface area contributed by atoms with Crippen molar-refractivity contribution in [2.75, 3.05) is 94.2 Å². The first-order valence-corrected chi connectivity index (χ1v) is 30.0. The smallest absolute Gasteiger partial charge is 0.344 e. The van der Waals surface area contributed by atoms with Crippen LogP contribution in [-0.2, 0) is 55.5 Å². The average Bonchev–Trinajstić information content (AvgIpc) is 1.52. The number of H-pyrrole nitrogens is 1. The normalized spacial score (nSPS) is 31.8. The highest BCUT2D eigenvalue weighted by Gasteiger charge is 2.80. The van der Waals surface area contributed by atoms with Gasteiger partial charge in [-0.3, -0.25) is 24.2 Å². The number of aromatic nitrogens is 1. The minimum Gasteiger partial charge on any atom is -0.496 e. The molecule has 8 heterocycles. The van der Waals surface area contributed by atoms with Gasteiger partial charge in [0.2, 0.25) is 18.1 Å². The molecule has 2 unspecified atom stereocenters. The molecule has 9 aliphatic rings. The molecule has 0 amide bonds. The molecule has 1 spiro atoms. The number of methoxy groups -OCH3 is 6. The van der Waals surface area contributed by atoms with E-state index in [2.05, 4.69) is 58.1 Å². The van der Waals surface area contributed by atoms with Crippen molar-refractivity contribution in [3.05, 3.63) is 124 Å². The predicted molar refractivity (Wildman–Crippen MR) is 317 cm³/mol. The highest BCUT2D eigenvalue weighted by atomic mass is 16.7. The number of aromatic amines is 1. The van der Waals surface area contributed by atoms with Gasteiger partial charge in [-0.15, -0.1) is 0 Å². The summed E-state index contributed by atoms with van der Waals surface area (Å²) >= 11 is 0. The van der Waals surface area contributed by atoms with Gasteiger partial charge in [-0.25, -0.2) is 4.79 Å². The van der Waals surface area contributed by atoms with Gasteiger partial charge in [-0.2, -0.15) is 0 Å². The quantitative estimate of drug-likeness (QED) is 0.0677. The Morgan fingerprint density at radius 3 is 2.21 bits per heavy atom. The summed E-state index contributed by atoms with van der Waals surface area (Å²) in [4.78, 5) is 65.9. The zero-order chi connectivity index (χ0) is 61.2. The lowest BCUT2D eigenvalue weighted by molar-refractivity contribution is -0.228. The number of carbonyl (C=O) groups excluding carboxylic acids is 4. The number of fused-ring (bicyclic) bond motifs is 9. The minimum absolute atomic E-state index is 0.0284. The second-order valence-corrected chi connectivity index (χ2v) is 24.7. The van der Waals surface area contributed by atoms with Crippen LogP contribution < -0.4 is 33.3 Å². The molecule has 13 atom stereocenters. The second-order valence-electron chi connectivity index (χ2n) is 24.7. The Morgan fingerprint density at radius 2 is 1.54 bits per heavy atom. The maximum Gasteiger partial charge on any atom is 0.344 e. The third-order valence-electron chi connectivity index (χ3n) is 21.0. The van der Waals surface area contributed by atoms with E-state index in [0.29, 0.717) is 84.5 Å². The summed E-state index contributed by atoms with van der Waals surface area (Å²) in [6, 6.07) is 18.5. The number of esters is 4. The van der Waals surface area contributed by atoms with Crippen LogP contribution in [-0.4, -0.2) is 162 Å². The van der Waals surface area contributed by atoms with E-state index in [1.165, 1.54) is 33.8 Å². The third-order valence-corrected chi connectivity index (χ3v) is 21.0. The molecule has 460 valence electrons. The zero-order valence-corrected chi connectivity index (χ0v) is 50.9. The number of nitrogens with zero attached hydrogens (tertiary/aromatic N) is 3. The molecule has 3 fully saturated rings. The van der Waals surface area contributed by atoms with Crippen molar-refractivity contribution in [3.63, 3.8) is 0 Å². The van der Waals surface area contributed by atoms with Crippen LogP contribution in [0.3, 0.4) is 0 Å². The first-order valence-electron chi connectivity index (χ1n) is 30.0. The summed E-state index contributed by atoms with van der Waals surface area (Å²) < 4.78 is 56.8. The summed E-state index contributed by atoms with van der Waals surface area (Å²) in [5.74, 6) is -0.321. The zero-order valence-electron chi connectivity index (χ0n) is 50.9. The lowest BCUT2D eigenvalue weighted by Gasteiger charge is -2.63. The molecule has 5 aromatic rings. The van der Waals surface area contributed by atoms with Gasteiger partial charge in [0.15, 0.2) is 29.1 Å². The molecule has 1 aromatic heterocycles. The molecule has 7 aliphatic heterocycles. The summed E-state index contributed by atoms with van der Waals surface area (Å²) in [6.07, 6.45) is 6.83. The SMILES string of the molecule is CCC1=CC2CN(C1)Cc1c([nH]c3ccccc13)[C@@](C(=O)OC)(c1cc3c(cc1OC)N(C)[C@H]1[C@@](O)(C(=O)OC)[C@H](OC(C)=O)[C@]4(CC)C=CCN5CC[C@]31[C@@H]54)C2.COc1cc([C@@H]2c3cc4c(cc3[C@H](O)[C@H]3COC(=O)[C@H]23)OCO4)cc(OC)c1OC. The van der Waals surface area contributed by atoms with Gasteiger partial charge in [0.05, 0.1) is 67.3 Å². The molecule has 87 heavy (non-hydrogen) atoms. The predicted octanol–water partition coefficient (Wildman–Crippen LogP) is 7.16. The number of hydrogen-bond donors (Lipinski definition) is 3. The number of aliphatic hydroxyl groups excluding tert-OH is 1. The fourth-order valence-corrected chi connectivity index (χ4v) is 17.7. The van der Waals surface area contributed by atoms with Crippen molar-refractivity contribution in [2.24, 2.45) is 23.2 Å². The molecule has 2 saturated heterocycles. The Labute approximate surface area is 505 Å². The van der Waals surface area contributed by atoms with Crippen LogP contribution >= 0.6 is 0 Å². The van der Waals surface area contributed by atoms with Gasteiger partial charge in [-0.1, -0.05) is 55.8 Å². The van der Waals surface area contributed by atoms with E-state index in [9.17, 15) is 24.6 Å². The topological polar surface area (TPSA) is 227 Å². The molecule has 20 nitrogen and oxygen atoms in total. The Hall–Kier alpha value is -7.78. The number of aliphatic hydroxyl groups is 2. The molecule has 3 N–H and O–H groups in total. The summed E-state index contributed by atoms with van der Waals surface area (Å²) in [5, 5.41) is 25.4. The van der Waals surface area contributed by atoms with Crippen LogP contribution in [0.5, 0.6) is 34.5 Å². The van der Waals surface area contributed by atoms with Crippen molar-refractivity contribution >= 4 is 40.5 Å². The molecule has 0 radical (unpaired) electrons. The fraction of sp³-hybridized carbons (Fsp3) is 0.493. The van der Waals surface area contributed by atoms with E-state index in [1.807, 2.05) is 55.3 Å². The average molecular weight is 1190 g/mol. The maximum atomic E-state index is 15.2. The van der Waals surface area contributed by atoms with Crippen molar-refractivity contribution < 1.29 is 76.8 Å². The van der Waals surface area contributed by atoms with E-state index < -0.39 is 58.0 Å². The number of nitrogens with one attached hydrogen (secondary N) is 1. The first kappa shape index (κ1) is 58.2. The Morgan fingerprint density at radius 1 is 0.828 bits per heavy atom. The van der Waals surface area contributed by atoms with Gasteiger partial charge in [-0.05, 0) is 102 Å². The van der Waals surface area contributed by atoms with E-state index >= 15 is 4.79 Å². The largest absolute Gasteiger partial charge is 0.496 e. The Kier molecular flexibility index (Phi) is 14.4. The van der Waals surface area contributed by atoms with Gasteiger partial charge in [0.1, 0.15) is 11.2 Å². The van der Waals surface area contributed by atoms with Crippen molar-refractivity contribution in [1.29, 1.82) is 0 Å². The molecule has 1 saturated carbocycles. The van der Waals surface area contributed by atoms with Gasteiger partial charge >= 0.3 is 23.9 Å². The van der Waals surface area contributed by atoms with Crippen molar-refractivity contribution in [1.82, 2.24) is 14.8 Å².